The monoisotopic (exact) mass is 389 g/mol. The lowest BCUT2D eigenvalue weighted by molar-refractivity contribution is -0.0512. The average molecular weight is 390 g/mol. The number of carbonyl (C=O) groups is 1. The average Bonchev–Trinajstić information content (AvgIpc) is 2.73. The fourth-order valence-corrected chi connectivity index (χ4v) is 2.52. The quantitative estimate of drug-likeness (QED) is 0.851. The summed E-state index contributed by atoms with van der Waals surface area (Å²) in [5, 5.41) is 6.79. The van der Waals surface area contributed by atoms with Crippen LogP contribution in [-0.4, -0.2) is 29.4 Å². The number of amides is 1. The number of methoxy groups -OCH3 is 1. The SMILES string of the molecule is COc1cc(NC(=O)c2c(Br)c(C)nn2C)ccc1OC(F)F. The van der Waals surface area contributed by atoms with E-state index in [1.807, 2.05) is 0 Å². The first-order valence-corrected chi connectivity index (χ1v) is 7.26. The van der Waals surface area contributed by atoms with E-state index in [4.69, 9.17) is 4.74 Å². The van der Waals surface area contributed by atoms with Crippen LogP contribution in [0.4, 0.5) is 14.5 Å². The fourth-order valence-electron chi connectivity index (χ4n) is 2.01. The largest absolute Gasteiger partial charge is 0.493 e. The Morgan fingerprint density at radius 3 is 2.61 bits per heavy atom. The number of hydrogen-bond donors (Lipinski definition) is 1. The molecule has 0 saturated heterocycles. The van der Waals surface area contributed by atoms with Gasteiger partial charge in [0.1, 0.15) is 5.69 Å². The Morgan fingerprint density at radius 2 is 2.09 bits per heavy atom. The number of aromatic nitrogens is 2. The third kappa shape index (κ3) is 3.79. The Bertz CT molecular complexity index is 734. The number of carbonyl (C=O) groups excluding carboxylic acids is 1. The van der Waals surface area contributed by atoms with E-state index in [0.717, 1.165) is 0 Å². The number of ether oxygens (including phenoxy) is 2. The molecular weight excluding hydrogens is 376 g/mol. The highest BCUT2D eigenvalue weighted by molar-refractivity contribution is 9.10. The van der Waals surface area contributed by atoms with Crippen molar-refractivity contribution in [3.05, 3.63) is 34.1 Å². The van der Waals surface area contributed by atoms with Gasteiger partial charge in [-0.3, -0.25) is 9.48 Å². The van der Waals surface area contributed by atoms with Crippen LogP contribution in [0.5, 0.6) is 11.5 Å². The van der Waals surface area contributed by atoms with Crippen LogP contribution >= 0.6 is 15.9 Å². The Hall–Kier alpha value is -2.16. The van der Waals surface area contributed by atoms with Crippen molar-refractivity contribution in [3.63, 3.8) is 0 Å². The molecule has 124 valence electrons. The zero-order chi connectivity index (χ0) is 17.1. The second kappa shape index (κ2) is 6.95. The van der Waals surface area contributed by atoms with Gasteiger partial charge in [0.05, 0.1) is 17.3 Å². The van der Waals surface area contributed by atoms with Gasteiger partial charge in [-0.05, 0) is 35.0 Å². The number of nitrogens with one attached hydrogen (secondary N) is 1. The maximum Gasteiger partial charge on any atom is 0.387 e. The Labute approximate surface area is 139 Å². The lowest BCUT2D eigenvalue weighted by Crippen LogP contribution is -2.16. The summed E-state index contributed by atoms with van der Waals surface area (Å²) < 4.78 is 35.9. The molecule has 9 heteroatoms. The van der Waals surface area contributed by atoms with Gasteiger partial charge >= 0.3 is 6.61 Å². The molecule has 0 aliphatic carbocycles. The fraction of sp³-hybridized carbons (Fsp3) is 0.286. The number of rotatable bonds is 5. The minimum Gasteiger partial charge on any atom is -0.493 e. The van der Waals surface area contributed by atoms with E-state index in [9.17, 15) is 13.6 Å². The van der Waals surface area contributed by atoms with Crippen molar-refractivity contribution in [1.82, 2.24) is 9.78 Å². The van der Waals surface area contributed by atoms with E-state index >= 15 is 0 Å². The van der Waals surface area contributed by atoms with Gasteiger partial charge in [0, 0.05) is 18.8 Å². The van der Waals surface area contributed by atoms with Crippen LogP contribution in [0.15, 0.2) is 22.7 Å². The summed E-state index contributed by atoms with van der Waals surface area (Å²) in [4.78, 5) is 12.3. The summed E-state index contributed by atoms with van der Waals surface area (Å²) in [6.45, 7) is -1.20. The van der Waals surface area contributed by atoms with E-state index in [1.54, 1.807) is 14.0 Å². The molecule has 0 aliphatic rings. The van der Waals surface area contributed by atoms with E-state index in [2.05, 4.69) is 31.1 Å². The van der Waals surface area contributed by atoms with Gasteiger partial charge in [0.15, 0.2) is 11.5 Å². The zero-order valence-corrected chi connectivity index (χ0v) is 14.1. The molecule has 0 bridgehead atoms. The number of alkyl halides is 2. The summed E-state index contributed by atoms with van der Waals surface area (Å²) in [5.41, 5.74) is 1.39. The molecule has 23 heavy (non-hydrogen) atoms. The molecule has 6 nitrogen and oxygen atoms in total. The number of nitrogens with zero attached hydrogens (tertiary/aromatic N) is 2. The molecule has 0 atom stereocenters. The van der Waals surface area contributed by atoms with Gasteiger partial charge in [-0.2, -0.15) is 13.9 Å². The van der Waals surface area contributed by atoms with Crippen molar-refractivity contribution in [3.8, 4) is 11.5 Å². The number of anilines is 1. The van der Waals surface area contributed by atoms with E-state index < -0.39 is 12.5 Å². The molecule has 1 aromatic carbocycles. The van der Waals surface area contributed by atoms with Gasteiger partial charge in [-0.15, -0.1) is 0 Å². The first-order chi connectivity index (χ1) is 10.8. The summed E-state index contributed by atoms with van der Waals surface area (Å²) in [6.07, 6.45) is 0. The van der Waals surface area contributed by atoms with Crippen molar-refractivity contribution >= 4 is 27.5 Å². The van der Waals surface area contributed by atoms with Crippen LogP contribution in [0.25, 0.3) is 0 Å². The summed E-state index contributed by atoms with van der Waals surface area (Å²) in [7, 11) is 2.97. The molecule has 1 amide bonds. The molecule has 2 rings (SSSR count). The lowest BCUT2D eigenvalue weighted by Gasteiger charge is -2.12. The van der Waals surface area contributed by atoms with Gasteiger partial charge < -0.3 is 14.8 Å². The lowest BCUT2D eigenvalue weighted by atomic mass is 10.2. The molecule has 0 radical (unpaired) electrons. The van der Waals surface area contributed by atoms with Crippen LogP contribution in [0.1, 0.15) is 16.2 Å². The minimum atomic E-state index is -2.96. The highest BCUT2D eigenvalue weighted by Crippen LogP contribution is 2.32. The Kier molecular flexibility index (Phi) is 5.19. The predicted octanol–water partition coefficient (Wildman–Crippen LogP) is 3.35. The van der Waals surface area contributed by atoms with Crippen LogP contribution in [0, 0.1) is 6.92 Å². The molecule has 1 aromatic heterocycles. The minimum absolute atomic E-state index is 0.0864. The Balaban J connectivity index is 2.24. The van der Waals surface area contributed by atoms with Crippen molar-refractivity contribution in [2.45, 2.75) is 13.5 Å². The van der Waals surface area contributed by atoms with Crippen LogP contribution in [-0.2, 0) is 7.05 Å². The van der Waals surface area contributed by atoms with Crippen LogP contribution in [0.2, 0.25) is 0 Å². The molecule has 2 aromatic rings. The van der Waals surface area contributed by atoms with Gasteiger partial charge in [0.2, 0.25) is 0 Å². The van der Waals surface area contributed by atoms with Gasteiger partial charge in [-0.1, -0.05) is 0 Å². The zero-order valence-electron chi connectivity index (χ0n) is 12.6. The molecule has 0 unspecified atom stereocenters. The highest BCUT2D eigenvalue weighted by Gasteiger charge is 2.19. The maximum atomic E-state index is 12.3. The third-order valence-electron chi connectivity index (χ3n) is 3.00. The molecule has 0 saturated carbocycles. The number of aryl methyl sites for hydroxylation is 2. The standard InChI is InChI=1S/C14H14BrF2N3O3/c1-7-11(15)12(20(2)19-7)13(21)18-8-4-5-9(23-14(16)17)10(6-8)22-3/h4-6,14H,1-3H3,(H,18,21). The van der Waals surface area contributed by atoms with Crippen molar-refractivity contribution in [1.29, 1.82) is 0 Å². The van der Waals surface area contributed by atoms with Crippen molar-refractivity contribution in [2.24, 2.45) is 7.05 Å². The molecule has 0 aliphatic heterocycles. The smallest absolute Gasteiger partial charge is 0.387 e. The highest BCUT2D eigenvalue weighted by atomic mass is 79.9. The maximum absolute atomic E-state index is 12.3. The first-order valence-electron chi connectivity index (χ1n) is 6.46. The number of benzene rings is 1. The van der Waals surface area contributed by atoms with Crippen molar-refractivity contribution < 1.29 is 23.0 Å². The van der Waals surface area contributed by atoms with Crippen LogP contribution in [0.3, 0.4) is 0 Å². The van der Waals surface area contributed by atoms with E-state index in [-0.39, 0.29) is 11.5 Å². The molecular formula is C14H14BrF2N3O3. The van der Waals surface area contributed by atoms with Crippen LogP contribution < -0.4 is 14.8 Å². The normalized spacial score (nSPS) is 10.7. The van der Waals surface area contributed by atoms with Gasteiger partial charge in [0.25, 0.3) is 5.91 Å². The molecule has 0 fully saturated rings. The second-order valence-corrected chi connectivity index (χ2v) is 5.36. The second-order valence-electron chi connectivity index (χ2n) is 4.57. The van der Waals surface area contributed by atoms with Gasteiger partial charge in [-0.25, -0.2) is 0 Å². The third-order valence-corrected chi connectivity index (χ3v) is 3.95. The summed E-state index contributed by atoms with van der Waals surface area (Å²) in [5.74, 6) is -0.425. The topological polar surface area (TPSA) is 65.4 Å². The van der Waals surface area contributed by atoms with Crippen molar-refractivity contribution in [2.75, 3.05) is 12.4 Å². The van der Waals surface area contributed by atoms with E-state index in [1.165, 1.54) is 30.0 Å². The molecule has 0 spiro atoms. The predicted molar refractivity (Wildman–Crippen MR) is 83.2 cm³/mol. The van der Waals surface area contributed by atoms with E-state index in [0.29, 0.717) is 21.5 Å². The molecule has 1 heterocycles. The summed E-state index contributed by atoms with van der Waals surface area (Å²) in [6, 6.07) is 4.13. The first kappa shape index (κ1) is 17.2. The molecule has 1 N–H and O–H groups in total. The number of halogens is 3. The number of hydrogen-bond acceptors (Lipinski definition) is 4. The Morgan fingerprint density at radius 1 is 1.39 bits per heavy atom. The summed E-state index contributed by atoms with van der Waals surface area (Å²) >= 11 is 3.31.